The first-order valence-electron chi connectivity index (χ1n) is 6.69. The fourth-order valence-electron chi connectivity index (χ4n) is 2.46. The van der Waals surface area contributed by atoms with Gasteiger partial charge < -0.3 is 15.0 Å². The minimum Gasteiger partial charge on any atom is -0.481 e. The van der Waals surface area contributed by atoms with Gasteiger partial charge in [-0.3, -0.25) is 0 Å². The lowest BCUT2D eigenvalue weighted by atomic mass is 10.0. The third-order valence-corrected chi connectivity index (χ3v) is 3.40. The van der Waals surface area contributed by atoms with E-state index in [1.807, 2.05) is 12.3 Å². The lowest BCUT2D eigenvalue weighted by molar-refractivity contribution is 0.256. The third-order valence-electron chi connectivity index (χ3n) is 3.40. The van der Waals surface area contributed by atoms with Crippen LogP contribution in [0.4, 0.5) is 0 Å². The Kier molecular flexibility index (Phi) is 4.96. The van der Waals surface area contributed by atoms with Gasteiger partial charge in [0.05, 0.1) is 7.11 Å². The molecule has 1 aliphatic rings. The molecule has 0 aliphatic carbocycles. The second kappa shape index (κ2) is 6.71. The summed E-state index contributed by atoms with van der Waals surface area (Å²) in [5, 5.41) is 3.58. The van der Waals surface area contributed by atoms with Crippen molar-refractivity contribution in [2.45, 2.75) is 31.8 Å². The Morgan fingerprint density at radius 1 is 1.44 bits per heavy atom. The van der Waals surface area contributed by atoms with Gasteiger partial charge in [-0.2, -0.15) is 0 Å². The molecule has 0 radical (unpaired) electrons. The molecule has 0 bridgehead atoms. The molecule has 1 saturated heterocycles. The highest BCUT2D eigenvalue weighted by molar-refractivity contribution is 5.17. The molecule has 1 unspecified atom stereocenters. The smallest absolute Gasteiger partial charge is 0.212 e. The Morgan fingerprint density at radius 2 is 2.33 bits per heavy atom. The van der Waals surface area contributed by atoms with Crippen LogP contribution in [0.2, 0.25) is 0 Å². The van der Waals surface area contributed by atoms with Crippen LogP contribution in [0.1, 0.15) is 24.8 Å². The maximum atomic E-state index is 5.06. The molecule has 18 heavy (non-hydrogen) atoms. The Balaban J connectivity index is 1.80. The van der Waals surface area contributed by atoms with Crippen molar-refractivity contribution in [3.63, 3.8) is 0 Å². The van der Waals surface area contributed by atoms with Crippen LogP contribution < -0.4 is 10.1 Å². The first kappa shape index (κ1) is 13.3. The fourth-order valence-corrected chi connectivity index (χ4v) is 2.46. The molecular formula is C14H23N3O. The number of hydrogen-bond donors (Lipinski definition) is 1. The Hall–Kier alpha value is -1.13. The summed E-state index contributed by atoms with van der Waals surface area (Å²) in [6, 6.07) is 4.65. The molecule has 1 aliphatic heterocycles. The number of aromatic nitrogens is 1. The number of pyridine rings is 1. The monoisotopic (exact) mass is 249 g/mol. The molecule has 1 aromatic rings. The zero-order valence-corrected chi connectivity index (χ0v) is 11.4. The normalized spacial score (nSPS) is 20.1. The second-order valence-corrected chi connectivity index (χ2v) is 5.05. The molecule has 100 valence electrons. The van der Waals surface area contributed by atoms with Crippen LogP contribution in [0.3, 0.4) is 0 Å². The molecule has 0 aromatic carbocycles. The van der Waals surface area contributed by atoms with E-state index in [1.165, 1.54) is 31.4 Å². The van der Waals surface area contributed by atoms with Crippen LogP contribution in [0, 0.1) is 0 Å². The Bertz CT molecular complexity index is 347. The Labute approximate surface area is 109 Å². The van der Waals surface area contributed by atoms with Gasteiger partial charge in [-0.15, -0.1) is 0 Å². The van der Waals surface area contributed by atoms with Gasteiger partial charge >= 0.3 is 0 Å². The van der Waals surface area contributed by atoms with Gasteiger partial charge in [-0.05, 0) is 32.0 Å². The Morgan fingerprint density at radius 3 is 2.94 bits per heavy atom. The van der Waals surface area contributed by atoms with E-state index in [-0.39, 0.29) is 0 Å². The molecule has 2 rings (SSSR count). The van der Waals surface area contributed by atoms with Gasteiger partial charge in [-0.25, -0.2) is 4.98 Å². The van der Waals surface area contributed by atoms with Crippen molar-refractivity contribution >= 4 is 0 Å². The first-order chi connectivity index (χ1) is 8.78. The van der Waals surface area contributed by atoms with Crippen LogP contribution in [-0.4, -0.2) is 43.2 Å². The molecule has 1 atom stereocenters. The van der Waals surface area contributed by atoms with Crippen molar-refractivity contribution in [2.75, 3.05) is 27.2 Å². The maximum absolute atomic E-state index is 5.06. The average molecular weight is 249 g/mol. The molecule has 1 aromatic heterocycles. The van der Waals surface area contributed by atoms with Crippen molar-refractivity contribution < 1.29 is 4.74 Å². The molecule has 4 nitrogen and oxygen atoms in total. The number of ether oxygens (including phenoxy) is 1. The van der Waals surface area contributed by atoms with Gasteiger partial charge in [0.25, 0.3) is 0 Å². The zero-order chi connectivity index (χ0) is 12.8. The standard InChI is InChI=1S/C14H23N3O/c1-17(11-13-5-3-4-8-15-13)10-12-6-7-14(18-2)16-9-12/h6-7,9,13,15H,3-5,8,10-11H2,1-2H3. The highest BCUT2D eigenvalue weighted by Gasteiger charge is 2.14. The number of rotatable bonds is 5. The summed E-state index contributed by atoms with van der Waals surface area (Å²) in [6.07, 6.45) is 5.87. The summed E-state index contributed by atoms with van der Waals surface area (Å²) in [6.45, 7) is 3.21. The summed E-state index contributed by atoms with van der Waals surface area (Å²) < 4.78 is 5.06. The molecule has 2 heterocycles. The number of nitrogens with one attached hydrogen (secondary N) is 1. The van der Waals surface area contributed by atoms with Crippen LogP contribution in [0.15, 0.2) is 18.3 Å². The van der Waals surface area contributed by atoms with E-state index in [1.54, 1.807) is 7.11 Å². The summed E-state index contributed by atoms with van der Waals surface area (Å²) in [4.78, 5) is 6.59. The zero-order valence-electron chi connectivity index (χ0n) is 11.4. The quantitative estimate of drug-likeness (QED) is 0.861. The lowest BCUT2D eigenvalue weighted by Crippen LogP contribution is -2.42. The van der Waals surface area contributed by atoms with Crippen LogP contribution >= 0.6 is 0 Å². The molecule has 1 fully saturated rings. The number of nitrogens with zero attached hydrogens (tertiary/aromatic N) is 2. The number of likely N-dealkylation sites (N-methyl/N-ethyl adjacent to an activating group) is 1. The van der Waals surface area contributed by atoms with Crippen molar-refractivity contribution in [1.29, 1.82) is 0 Å². The number of methoxy groups -OCH3 is 1. The number of hydrogen-bond acceptors (Lipinski definition) is 4. The minimum atomic E-state index is 0.648. The van der Waals surface area contributed by atoms with Crippen LogP contribution in [0.5, 0.6) is 5.88 Å². The minimum absolute atomic E-state index is 0.648. The van der Waals surface area contributed by atoms with E-state index in [4.69, 9.17) is 4.74 Å². The van der Waals surface area contributed by atoms with E-state index in [0.29, 0.717) is 11.9 Å². The predicted molar refractivity (Wildman–Crippen MR) is 72.8 cm³/mol. The predicted octanol–water partition coefficient (Wildman–Crippen LogP) is 1.66. The summed E-state index contributed by atoms with van der Waals surface area (Å²) in [5.74, 6) is 0.676. The van der Waals surface area contributed by atoms with E-state index in [2.05, 4.69) is 28.3 Å². The van der Waals surface area contributed by atoms with Gasteiger partial charge in [-0.1, -0.05) is 12.5 Å². The van der Waals surface area contributed by atoms with Gasteiger partial charge in [0.2, 0.25) is 5.88 Å². The largest absolute Gasteiger partial charge is 0.481 e. The highest BCUT2D eigenvalue weighted by Crippen LogP contribution is 2.11. The molecule has 1 N–H and O–H groups in total. The fraction of sp³-hybridized carbons (Fsp3) is 0.643. The van der Waals surface area contributed by atoms with E-state index in [0.717, 1.165) is 13.1 Å². The van der Waals surface area contributed by atoms with Crippen molar-refractivity contribution in [2.24, 2.45) is 0 Å². The average Bonchev–Trinajstić information content (AvgIpc) is 2.40. The van der Waals surface area contributed by atoms with E-state index < -0.39 is 0 Å². The summed E-state index contributed by atoms with van der Waals surface area (Å²) in [7, 11) is 3.81. The second-order valence-electron chi connectivity index (χ2n) is 5.05. The topological polar surface area (TPSA) is 37.4 Å². The molecule has 4 heteroatoms. The SMILES string of the molecule is COc1ccc(CN(C)CC2CCCCN2)cn1. The van der Waals surface area contributed by atoms with E-state index >= 15 is 0 Å². The van der Waals surface area contributed by atoms with Gasteiger partial charge in [0.15, 0.2) is 0 Å². The van der Waals surface area contributed by atoms with Crippen molar-refractivity contribution in [3.05, 3.63) is 23.9 Å². The lowest BCUT2D eigenvalue weighted by Gasteiger charge is -2.28. The van der Waals surface area contributed by atoms with Gasteiger partial charge in [0.1, 0.15) is 0 Å². The van der Waals surface area contributed by atoms with Crippen molar-refractivity contribution in [3.8, 4) is 5.88 Å². The highest BCUT2D eigenvalue weighted by atomic mass is 16.5. The van der Waals surface area contributed by atoms with Crippen LogP contribution in [-0.2, 0) is 6.54 Å². The van der Waals surface area contributed by atoms with Gasteiger partial charge in [0, 0.05) is 31.4 Å². The maximum Gasteiger partial charge on any atom is 0.212 e. The molecular weight excluding hydrogens is 226 g/mol. The summed E-state index contributed by atoms with van der Waals surface area (Å²) >= 11 is 0. The van der Waals surface area contributed by atoms with Crippen LogP contribution in [0.25, 0.3) is 0 Å². The first-order valence-corrected chi connectivity index (χ1v) is 6.69. The third kappa shape index (κ3) is 3.96. The van der Waals surface area contributed by atoms with E-state index in [9.17, 15) is 0 Å². The molecule has 0 saturated carbocycles. The van der Waals surface area contributed by atoms with Crippen molar-refractivity contribution in [1.82, 2.24) is 15.2 Å². The number of piperidine rings is 1. The molecule has 0 amide bonds. The molecule has 0 spiro atoms. The summed E-state index contributed by atoms with van der Waals surface area (Å²) in [5.41, 5.74) is 1.23.